The van der Waals surface area contributed by atoms with E-state index in [-0.39, 0.29) is 11.9 Å². The molecule has 0 radical (unpaired) electrons. The molecule has 27 heavy (non-hydrogen) atoms. The van der Waals surface area contributed by atoms with Crippen molar-refractivity contribution in [3.8, 4) is 0 Å². The predicted octanol–water partition coefficient (Wildman–Crippen LogP) is 4.19. The first-order valence-electron chi connectivity index (χ1n) is 9.11. The van der Waals surface area contributed by atoms with Crippen LogP contribution >= 0.6 is 0 Å². The molecule has 0 fully saturated rings. The monoisotopic (exact) mass is 368 g/mol. The Morgan fingerprint density at radius 1 is 0.926 bits per heavy atom. The summed E-state index contributed by atoms with van der Waals surface area (Å²) in [6.07, 6.45) is 0. The third-order valence-corrected chi connectivity index (χ3v) is 4.29. The summed E-state index contributed by atoms with van der Waals surface area (Å²) in [6, 6.07) is 12.6. The molecule has 0 aromatic heterocycles. The fourth-order valence-electron chi connectivity index (χ4n) is 2.87. The maximum Gasteiger partial charge on any atom is 0.323 e. The number of amides is 3. The second-order valence-electron chi connectivity index (χ2n) is 6.55. The van der Waals surface area contributed by atoms with Gasteiger partial charge in [-0.2, -0.15) is 0 Å². The predicted molar refractivity (Wildman–Crippen MR) is 112 cm³/mol. The number of benzene rings is 2. The molecule has 2 aromatic rings. The highest BCUT2D eigenvalue weighted by Gasteiger charge is 2.19. The van der Waals surface area contributed by atoms with E-state index < -0.39 is 0 Å². The average molecular weight is 368 g/mol. The lowest BCUT2D eigenvalue weighted by Gasteiger charge is -2.23. The van der Waals surface area contributed by atoms with Gasteiger partial charge in [-0.25, -0.2) is 4.79 Å². The van der Waals surface area contributed by atoms with Crippen LogP contribution < -0.4 is 15.5 Å². The first-order chi connectivity index (χ1) is 12.8. The van der Waals surface area contributed by atoms with Crippen molar-refractivity contribution in [3.63, 3.8) is 0 Å². The van der Waals surface area contributed by atoms with Gasteiger partial charge in [-0.1, -0.05) is 12.1 Å². The van der Waals surface area contributed by atoms with Crippen molar-refractivity contribution < 1.29 is 9.59 Å². The zero-order valence-corrected chi connectivity index (χ0v) is 16.7. The van der Waals surface area contributed by atoms with Crippen molar-refractivity contribution in [2.75, 3.05) is 42.7 Å². The van der Waals surface area contributed by atoms with Crippen LogP contribution in [-0.4, -0.2) is 44.0 Å². The summed E-state index contributed by atoms with van der Waals surface area (Å²) < 4.78 is 0. The van der Waals surface area contributed by atoms with Gasteiger partial charge in [-0.15, -0.1) is 0 Å². The molecule has 2 rings (SSSR count). The molecule has 0 spiro atoms. The van der Waals surface area contributed by atoms with E-state index >= 15 is 0 Å². The normalized spacial score (nSPS) is 10.3. The van der Waals surface area contributed by atoms with Gasteiger partial charge in [0.15, 0.2) is 0 Å². The Morgan fingerprint density at radius 2 is 1.56 bits per heavy atom. The Kier molecular flexibility index (Phi) is 6.82. The minimum Gasteiger partial charge on any atom is -0.377 e. The second kappa shape index (κ2) is 9.07. The molecule has 0 heterocycles. The molecule has 0 bridgehead atoms. The minimum atomic E-state index is -0.348. The van der Waals surface area contributed by atoms with Crippen molar-refractivity contribution >= 4 is 29.0 Å². The van der Waals surface area contributed by atoms with Crippen LogP contribution in [0.1, 0.15) is 29.8 Å². The number of urea groups is 1. The van der Waals surface area contributed by atoms with Gasteiger partial charge >= 0.3 is 6.03 Å². The standard InChI is InChI=1S/C21H28N4O2/c1-6-25(7-2)20(26)18-14-17(11-12-19(18)24(4)5)23-21(27)22-16-10-8-9-15(3)13-16/h8-14H,6-7H2,1-5H3,(H2,22,23,27). The molecule has 2 N–H and O–H groups in total. The van der Waals surface area contributed by atoms with Crippen LogP contribution in [0.4, 0.5) is 21.9 Å². The van der Waals surface area contributed by atoms with Gasteiger partial charge in [0.1, 0.15) is 0 Å². The Labute approximate surface area is 161 Å². The summed E-state index contributed by atoms with van der Waals surface area (Å²) in [5, 5.41) is 5.61. The molecule has 0 saturated heterocycles. The average Bonchev–Trinajstić information content (AvgIpc) is 2.62. The number of anilines is 3. The van der Waals surface area contributed by atoms with Gasteiger partial charge in [-0.3, -0.25) is 4.79 Å². The second-order valence-corrected chi connectivity index (χ2v) is 6.55. The molecule has 0 aliphatic heterocycles. The Morgan fingerprint density at radius 3 is 2.11 bits per heavy atom. The summed E-state index contributed by atoms with van der Waals surface area (Å²) >= 11 is 0. The van der Waals surface area contributed by atoms with Crippen molar-refractivity contribution in [1.82, 2.24) is 4.90 Å². The molecule has 3 amide bonds. The van der Waals surface area contributed by atoms with Crippen molar-refractivity contribution in [2.45, 2.75) is 20.8 Å². The molecule has 0 saturated carbocycles. The molecule has 0 unspecified atom stereocenters. The molecule has 0 aliphatic rings. The summed E-state index contributed by atoms with van der Waals surface area (Å²) in [6.45, 7) is 7.14. The lowest BCUT2D eigenvalue weighted by Crippen LogP contribution is -2.32. The fourth-order valence-corrected chi connectivity index (χ4v) is 2.87. The van der Waals surface area contributed by atoms with Crippen LogP contribution in [0.3, 0.4) is 0 Å². The summed E-state index contributed by atoms with van der Waals surface area (Å²) in [4.78, 5) is 28.8. The molecule has 144 valence electrons. The Hall–Kier alpha value is -3.02. The van der Waals surface area contributed by atoms with Crippen LogP contribution in [-0.2, 0) is 0 Å². The largest absolute Gasteiger partial charge is 0.377 e. The molecule has 2 aromatic carbocycles. The van der Waals surface area contributed by atoms with Crippen molar-refractivity contribution in [3.05, 3.63) is 53.6 Å². The van der Waals surface area contributed by atoms with Gasteiger partial charge in [0.25, 0.3) is 5.91 Å². The minimum absolute atomic E-state index is 0.0496. The zero-order chi connectivity index (χ0) is 20.0. The highest BCUT2D eigenvalue weighted by atomic mass is 16.2. The van der Waals surface area contributed by atoms with Gasteiger partial charge in [0.2, 0.25) is 0 Å². The number of carbonyl (C=O) groups is 2. The van der Waals surface area contributed by atoms with Crippen LogP contribution in [0.2, 0.25) is 0 Å². The number of nitrogens with one attached hydrogen (secondary N) is 2. The van der Waals surface area contributed by atoms with E-state index in [1.807, 2.05) is 70.1 Å². The lowest BCUT2D eigenvalue weighted by atomic mass is 10.1. The fraction of sp³-hybridized carbons (Fsp3) is 0.333. The zero-order valence-electron chi connectivity index (χ0n) is 16.7. The van der Waals surface area contributed by atoms with Crippen LogP contribution in [0.5, 0.6) is 0 Å². The molecule has 6 heteroatoms. The summed E-state index contributed by atoms with van der Waals surface area (Å²) in [5.74, 6) is -0.0496. The first kappa shape index (κ1) is 20.3. The number of aryl methyl sites for hydroxylation is 1. The van der Waals surface area contributed by atoms with Crippen LogP contribution in [0, 0.1) is 6.92 Å². The highest BCUT2D eigenvalue weighted by Crippen LogP contribution is 2.25. The van der Waals surface area contributed by atoms with E-state index in [0.29, 0.717) is 24.3 Å². The third kappa shape index (κ3) is 5.23. The summed E-state index contributed by atoms with van der Waals surface area (Å²) in [7, 11) is 3.79. The first-order valence-corrected chi connectivity index (χ1v) is 9.11. The van der Waals surface area contributed by atoms with Gasteiger partial charge in [0.05, 0.1) is 5.56 Å². The topological polar surface area (TPSA) is 64.7 Å². The summed E-state index contributed by atoms with van der Waals surface area (Å²) in [5.41, 5.74) is 3.74. The van der Waals surface area contributed by atoms with E-state index in [2.05, 4.69) is 10.6 Å². The lowest BCUT2D eigenvalue weighted by molar-refractivity contribution is 0.0773. The number of nitrogens with zero attached hydrogens (tertiary/aromatic N) is 2. The van der Waals surface area contributed by atoms with Gasteiger partial charge in [-0.05, 0) is 56.7 Å². The molecule has 6 nitrogen and oxygen atoms in total. The van der Waals surface area contributed by atoms with E-state index in [0.717, 1.165) is 16.9 Å². The Bertz CT molecular complexity index is 814. The maximum absolute atomic E-state index is 12.9. The van der Waals surface area contributed by atoms with E-state index in [1.165, 1.54) is 0 Å². The third-order valence-electron chi connectivity index (χ3n) is 4.29. The van der Waals surface area contributed by atoms with Gasteiger partial charge in [0, 0.05) is 44.2 Å². The quantitative estimate of drug-likeness (QED) is 0.804. The number of rotatable bonds is 6. The van der Waals surface area contributed by atoms with Crippen molar-refractivity contribution in [2.24, 2.45) is 0 Å². The highest BCUT2D eigenvalue weighted by molar-refractivity contribution is 6.04. The number of hydrogen-bond acceptors (Lipinski definition) is 3. The Balaban J connectivity index is 2.23. The van der Waals surface area contributed by atoms with Gasteiger partial charge < -0.3 is 20.4 Å². The van der Waals surface area contributed by atoms with Crippen LogP contribution in [0.25, 0.3) is 0 Å². The number of carbonyl (C=O) groups excluding carboxylic acids is 2. The maximum atomic E-state index is 12.9. The molecular weight excluding hydrogens is 340 g/mol. The SMILES string of the molecule is CCN(CC)C(=O)c1cc(NC(=O)Nc2cccc(C)c2)ccc1N(C)C. The molecule has 0 aliphatic carbocycles. The van der Waals surface area contributed by atoms with E-state index in [4.69, 9.17) is 0 Å². The van der Waals surface area contributed by atoms with E-state index in [1.54, 1.807) is 17.0 Å². The molecular formula is C21H28N4O2. The molecule has 0 atom stereocenters. The number of hydrogen-bond donors (Lipinski definition) is 2. The van der Waals surface area contributed by atoms with Crippen molar-refractivity contribution in [1.29, 1.82) is 0 Å². The smallest absolute Gasteiger partial charge is 0.323 e. The van der Waals surface area contributed by atoms with E-state index in [9.17, 15) is 9.59 Å². The van der Waals surface area contributed by atoms with Crippen LogP contribution in [0.15, 0.2) is 42.5 Å².